The summed E-state index contributed by atoms with van der Waals surface area (Å²) >= 11 is 2.15. The lowest BCUT2D eigenvalue weighted by Crippen LogP contribution is -2.34. The average molecular weight is 1230 g/mol. The molecule has 16 atom stereocenters. The topological polar surface area (TPSA) is 130 Å². The van der Waals surface area contributed by atoms with Crippen LogP contribution < -0.4 is 0 Å². The van der Waals surface area contributed by atoms with Crippen molar-refractivity contribution >= 4 is 46.5 Å². The zero-order chi connectivity index (χ0) is 61.1. The molecule has 0 saturated carbocycles. The van der Waals surface area contributed by atoms with E-state index in [-0.39, 0.29) is 93.6 Å². The van der Waals surface area contributed by atoms with E-state index in [1.807, 2.05) is 43.1 Å². The number of hydrogen-bond acceptors (Lipinski definition) is 10. The summed E-state index contributed by atoms with van der Waals surface area (Å²) in [6.07, 6.45) is 29.3. The molecule has 4 heterocycles. The molecule has 2 saturated heterocycles. The summed E-state index contributed by atoms with van der Waals surface area (Å²) in [5.74, 6) is 1.87. The lowest BCUT2D eigenvalue weighted by atomic mass is 9.78. The second-order valence-electron chi connectivity index (χ2n) is 27.7. The van der Waals surface area contributed by atoms with Crippen molar-refractivity contribution in [1.82, 2.24) is 0 Å². The standard InChI is InChI=1S/2C34H56O5.CH3I/c2*1-12-23(3)26(6)32-28(38-32)21-33(8,9)18-13-14-24(4)31-25(5)15-16-29(37-27(7)35)34(10,11)19-17-22(2)20-30(36)39-31;1-2/h2*13-16,18,22-23,25-26,28-29,31-32H,12,17,19-21H2,1-11H3;1H3/b2*16-15+,18-13+,24-14+;. The van der Waals surface area contributed by atoms with Gasteiger partial charge in [-0.15, -0.1) is 0 Å². The molecule has 0 aromatic rings. The Bertz CT molecular complexity index is 1980. The first-order chi connectivity index (χ1) is 37.1. The van der Waals surface area contributed by atoms with Crippen LogP contribution in [0, 0.1) is 69.0 Å². The minimum Gasteiger partial charge on any atom is -0.458 e. The molecule has 0 spiro atoms. The number of rotatable bonds is 18. The van der Waals surface area contributed by atoms with E-state index in [1.165, 1.54) is 26.7 Å². The Balaban J connectivity index is 0.000000530. The van der Waals surface area contributed by atoms with Gasteiger partial charge in [-0.1, -0.05) is 209 Å². The van der Waals surface area contributed by atoms with Crippen molar-refractivity contribution in [3.63, 3.8) is 0 Å². The maximum Gasteiger partial charge on any atom is 0.306 e. The number of ether oxygens (including phenoxy) is 6. The molecule has 0 aromatic heterocycles. The van der Waals surface area contributed by atoms with Gasteiger partial charge in [0.25, 0.3) is 0 Å². The van der Waals surface area contributed by atoms with Gasteiger partial charge in [-0.25, -0.2) is 0 Å². The molecule has 0 aromatic carbocycles. The number of carbonyl (C=O) groups excluding carboxylic acids is 4. The van der Waals surface area contributed by atoms with Gasteiger partial charge in [-0.2, -0.15) is 0 Å². The minimum atomic E-state index is -0.387. The largest absolute Gasteiger partial charge is 0.458 e. The molecule has 11 heteroatoms. The maximum absolute atomic E-state index is 12.9. The van der Waals surface area contributed by atoms with Crippen LogP contribution in [-0.2, 0) is 47.6 Å². The summed E-state index contributed by atoms with van der Waals surface area (Å²) in [7, 11) is 0. The molecule has 0 bridgehead atoms. The highest BCUT2D eigenvalue weighted by molar-refractivity contribution is 14.1. The van der Waals surface area contributed by atoms with Gasteiger partial charge in [0.2, 0.25) is 0 Å². The van der Waals surface area contributed by atoms with E-state index in [9.17, 15) is 19.2 Å². The Morgan fingerprint density at radius 2 is 0.938 bits per heavy atom. The van der Waals surface area contributed by atoms with Crippen LogP contribution in [0.25, 0.3) is 0 Å². The number of esters is 4. The van der Waals surface area contributed by atoms with E-state index in [1.54, 1.807) is 0 Å². The average Bonchev–Trinajstić information content (AvgIpc) is 4.31. The third-order valence-electron chi connectivity index (χ3n) is 17.9. The molecule has 4 rings (SSSR count). The van der Waals surface area contributed by atoms with Crippen molar-refractivity contribution < 1.29 is 47.6 Å². The normalized spacial score (nSPS) is 32.1. The fraction of sp³-hybridized carbons (Fsp3) is 0.768. The first-order valence-corrected chi connectivity index (χ1v) is 32.8. The van der Waals surface area contributed by atoms with Gasteiger partial charge in [-0.3, -0.25) is 19.2 Å². The van der Waals surface area contributed by atoms with Crippen molar-refractivity contribution in [2.45, 2.75) is 265 Å². The highest BCUT2D eigenvalue weighted by Gasteiger charge is 2.47. The molecular formula is C69H115IO10. The van der Waals surface area contributed by atoms with Crippen molar-refractivity contribution in [3.8, 4) is 0 Å². The predicted octanol–water partition coefficient (Wildman–Crippen LogP) is 17.5. The predicted molar refractivity (Wildman–Crippen MR) is 338 cm³/mol. The smallest absolute Gasteiger partial charge is 0.306 e. The lowest BCUT2D eigenvalue weighted by molar-refractivity contribution is -0.152. The first kappa shape index (κ1) is 73.1. The van der Waals surface area contributed by atoms with Gasteiger partial charge in [0, 0.05) is 49.4 Å². The Morgan fingerprint density at radius 3 is 1.24 bits per heavy atom. The maximum atomic E-state index is 12.9. The fourth-order valence-corrected chi connectivity index (χ4v) is 11.2. The summed E-state index contributed by atoms with van der Waals surface area (Å²) in [6.45, 7) is 46.5. The van der Waals surface area contributed by atoms with E-state index in [2.05, 4.69) is 184 Å². The van der Waals surface area contributed by atoms with Gasteiger partial charge >= 0.3 is 23.9 Å². The fourth-order valence-electron chi connectivity index (χ4n) is 11.2. The van der Waals surface area contributed by atoms with Gasteiger partial charge in [0.05, 0.1) is 24.4 Å². The molecule has 10 nitrogen and oxygen atoms in total. The molecule has 4 aliphatic heterocycles. The van der Waals surface area contributed by atoms with Gasteiger partial charge < -0.3 is 28.4 Å². The summed E-state index contributed by atoms with van der Waals surface area (Å²) in [4.78, 5) is 51.4. The highest BCUT2D eigenvalue weighted by Crippen LogP contribution is 2.44. The Kier molecular flexibility index (Phi) is 30.6. The molecule has 0 amide bonds. The number of carbonyl (C=O) groups is 4. The van der Waals surface area contributed by atoms with Crippen LogP contribution in [0.3, 0.4) is 0 Å². The van der Waals surface area contributed by atoms with E-state index in [0.29, 0.717) is 60.9 Å². The molecule has 2 fully saturated rings. The second kappa shape index (κ2) is 33.5. The molecule has 0 N–H and O–H groups in total. The van der Waals surface area contributed by atoms with E-state index in [4.69, 9.17) is 28.4 Å². The summed E-state index contributed by atoms with van der Waals surface area (Å²) in [5.41, 5.74) is 1.52. The van der Waals surface area contributed by atoms with E-state index in [0.717, 1.165) is 49.7 Å². The Labute approximate surface area is 502 Å². The molecule has 16 unspecified atom stereocenters. The quantitative estimate of drug-likeness (QED) is 0.0249. The van der Waals surface area contributed by atoms with Crippen LogP contribution in [0.4, 0.5) is 0 Å². The van der Waals surface area contributed by atoms with Crippen molar-refractivity contribution in [1.29, 1.82) is 0 Å². The molecular weight excluding hydrogens is 1120 g/mol. The monoisotopic (exact) mass is 1230 g/mol. The van der Waals surface area contributed by atoms with Gasteiger partial charge in [0.1, 0.15) is 24.4 Å². The number of hydrogen-bond donors (Lipinski definition) is 0. The highest BCUT2D eigenvalue weighted by atomic mass is 127. The zero-order valence-corrected chi connectivity index (χ0v) is 56.7. The molecule has 0 aliphatic carbocycles. The molecule has 4 aliphatic rings. The summed E-state index contributed by atoms with van der Waals surface area (Å²) < 4.78 is 35.7. The van der Waals surface area contributed by atoms with Crippen LogP contribution in [0.2, 0.25) is 0 Å². The van der Waals surface area contributed by atoms with E-state index < -0.39 is 0 Å². The number of alkyl halides is 1. The number of cyclic esters (lactones) is 2. The third kappa shape index (κ3) is 25.4. The van der Waals surface area contributed by atoms with Crippen LogP contribution in [-0.4, -0.2) is 77.6 Å². The van der Waals surface area contributed by atoms with Crippen LogP contribution >= 0.6 is 22.6 Å². The lowest BCUT2D eigenvalue weighted by Gasteiger charge is -2.34. The van der Waals surface area contributed by atoms with E-state index >= 15 is 0 Å². The first-order valence-electron chi connectivity index (χ1n) is 30.6. The van der Waals surface area contributed by atoms with Crippen LogP contribution in [0.15, 0.2) is 71.9 Å². The minimum absolute atomic E-state index is 0.00166. The van der Waals surface area contributed by atoms with Crippen molar-refractivity contribution in [2.75, 3.05) is 4.93 Å². The zero-order valence-electron chi connectivity index (χ0n) is 54.5. The number of allylic oxidation sites excluding steroid dienone is 6. The Morgan fingerprint density at radius 1 is 0.613 bits per heavy atom. The van der Waals surface area contributed by atoms with Crippen LogP contribution in [0.5, 0.6) is 0 Å². The van der Waals surface area contributed by atoms with Gasteiger partial charge in [-0.05, 0) is 127 Å². The molecule has 458 valence electrons. The van der Waals surface area contributed by atoms with Crippen molar-refractivity contribution in [2.24, 2.45) is 69.0 Å². The Hall–Kier alpha value is -3.03. The number of halogens is 1. The van der Waals surface area contributed by atoms with Crippen LogP contribution in [0.1, 0.15) is 217 Å². The molecule has 80 heavy (non-hydrogen) atoms. The number of epoxide rings is 2. The van der Waals surface area contributed by atoms with Crippen molar-refractivity contribution in [3.05, 3.63) is 71.9 Å². The third-order valence-corrected chi connectivity index (χ3v) is 17.9. The second-order valence-corrected chi connectivity index (χ2v) is 27.7. The molecule has 0 radical (unpaired) electrons. The van der Waals surface area contributed by atoms with Gasteiger partial charge in [0.15, 0.2) is 0 Å². The SMILES string of the molecule is CCC(C)C(C)C1OC1CC(C)(C)/C=C/C=C(\C)C1OC(=O)CC(C)CCC(C)(C)C(OC(C)=O)/C=C/C1C.CCC(C)C(C)C1OC1CC(C)(C)/C=C/C=C(\C)C1OC(=O)CC(C)CCC(C)(C)C(OC(C)=O)/C=C/C1C.CI. The summed E-state index contributed by atoms with van der Waals surface area (Å²) in [6, 6.07) is 0. The summed E-state index contributed by atoms with van der Waals surface area (Å²) in [5, 5.41) is 0.